The number of nitrogens with zero attached hydrogens (tertiary/aromatic N) is 4. The molecule has 1 saturated heterocycles. The van der Waals surface area contributed by atoms with Crippen LogP contribution in [0.3, 0.4) is 0 Å². The lowest BCUT2D eigenvalue weighted by atomic mass is 10.0. The Labute approximate surface area is 208 Å². The molecule has 1 unspecified atom stereocenters. The molecule has 1 aliphatic heterocycles. The van der Waals surface area contributed by atoms with E-state index in [1.165, 1.54) is 0 Å². The minimum atomic E-state index is -0.502. The Morgan fingerprint density at radius 1 is 1.20 bits per heavy atom. The first kappa shape index (κ1) is 23.0. The van der Waals surface area contributed by atoms with E-state index < -0.39 is 6.04 Å². The molecular weight excluding hydrogens is 464 g/mol. The van der Waals surface area contributed by atoms with Crippen LogP contribution in [0.4, 0.5) is 17.3 Å². The van der Waals surface area contributed by atoms with Crippen molar-refractivity contribution in [3.05, 3.63) is 71.1 Å². The molecule has 1 aliphatic rings. The van der Waals surface area contributed by atoms with Crippen molar-refractivity contribution in [2.24, 2.45) is 7.05 Å². The largest absolute Gasteiger partial charge is 0.495 e. The number of carbonyl (C=O) groups excluding carboxylic acids is 1. The van der Waals surface area contributed by atoms with Crippen LogP contribution in [-0.4, -0.2) is 40.6 Å². The van der Waals surface area contributed by atoms with Gasteiger partial charge in [0.15, 0.2) is 0 Å². The number of methoxy groups -OCH3 is 1. The van der Waals surface area contributed by atoms with E-state index >= 15 is 0 Å². The molecule has 4 aromatic rings. The highest BCUT2D eigenvalue weighted by Crippen LogP contribution is 2.35. The average molecular weight is 491 g/mol. The third kappa shape index (κ3) is 4.37. The smallest absolute Gasteiger partial charge is 0.247 e. The summed E-state index contributed by atoms with van der Waals surface area (Å²) in [6, 6.07) is 15.0. The van der Waals surface area contributed by atoms with Crippen LogP contribution < -0.4 is 20.3 Å². The third-order valence-corrected chi connectivity index (χ3v) is 6.52. The van der Waals surface area contributed by atoms with Crippen molar-refractivity contribution in [3.63, 3.8) is 0 Å². The standard InChI is InChI=1S/C26H27ClN6O2/c1-4-22-30-23(29-16-9-10-21(35-3)19(27)13-16)14-24(31-22)33-12-11-28-26(34)25(33)18-15-32(2)20-8-6-5-7-17(18)20/h5-10,13-15,25H,4,11-12H2,1-3H3,(H,28,34)(H,29,30,31). The maximum atomic E-state index is 13.2. The van der Waals surface area contributed by atoms with Gasteiger partial charge in [-0.3, -0.25) is 4.79 Å². The number of anilines is 3. The van der Waals surface area contributed by atoms with Gasteiger partial charge in [0.25, 0.3) is 0 Å². The molecule has 1 fully saturated rings. The average Bonchev–Trinajstić information content (AvgIpc) is 3.20. The maximum Gasteiger partial charge on any atom is 0.247 e. The lowest BCUT2D eigenvalue weighted by Crippen LogP contribution is -2.50. The Kier molecular flexibility index (Phi) is 6.21. The summed E-state index contributed by atoms with van der Waals surface area (Å²) in [5.41, 5.74) is 2.81. The van der Waals surface area contributed by atoms with Crippen molar-refractivity contribution >= 4 is 45.7 Å². The van der Waals surface area contributed by atoms with E-state index in [1.54, 1.807) is 19.2 Å². The summed E-state index contributed by atoms with van der Waals surface area (Å²) in [7, 11) is 3.58. The van der Waals surface area contributed by atoms with Gasteiger partial charge in [-0.05, 0) is 24.3 Å². The molecule has 0 bridgehead atoms. The molecule has 5 rings (SSSR count). The van der Waals surface area contributed by atoms with Crippen molar-refractivity contribution < 1.29 is 9.53 Å². The number of aromatic nitrogens is 3. The lowest BCUT2D eigenvalue weighted by Gasteiger charge is -2.36. The first-order valence-corrected chi connectivity index (χ1v) is 11.9. The van der Waals surface area contributed by atoms with Crippen LogP contribution in [0.1, 0.15) is 24.4 Å². The highest BCUT2D eigenvalue weighted by atomic mass is 35.5. The number of fused-ring (bicyclic) bond motifs is 1. The summed E-state index contributed by atoms with van der Waals surface area (Å²) in [5, 5.41) is 7.92. The van der Waals surface area contributed by atoms with Crippen LogP contribution in [0.15, 0.2) is 54.7 Å². The number of rotatable bonds is 6. The number of ether oxygens (including phenoxy) is 1. The van der Waals surface area contributed by atoms with Crippen molar-refractivity contribution in [3.8, 4) is 5.75 Å². The number of carbonyl (C=O) groups is 1. The monoisotopic (exact) mass is 490 g/mol. The highest BCUT2D eigenvalue weighted by Gasteiger charge is 2.34. The van der Waals surface area contributed by atoms with Crippen LogP contribution in [0.5, 0.6) is 5.75 Å². The zero-order valence-corrected chi connectivity index (χ0v) is 20.6. The number of para-hydroxylation sites is 1. The second kappa shape index (κ2) is 9.46. The summed E-state index contributed by atoms with van der Waals surface area (Å²) >= 11 is 6.31. The number of halogens is 1. The summed E-state index contributed by atoms with van der Waals surface area (Å²) in [5.74, 6) is 2.59. The van der Waals surface area contributed by atoms with Gasteiger partial charge in [-0.1, -0.05) is 36.7 Å². The lowest BCUT2D eigenvalue weighted by molar-refractivity contribution is -0.123. The Bertz CT molecular complexity index is 1400. The molecule has 2 aromatic carbocycles. The quantitative estimate of drug-likeness (QED) is 0.410. The number of benzene rings is 2. The van der Waals surface area contributed by atoms with Crippen LogP contribution in [0.2, 0.25) is 5.02 Å². The number of amides is 1. The van der Waals surface area contributed by atoms with Gasteiger partial charge in [0.2, 0.25) is 5.91 Å². The zero-order valence-electron chi connectivity index (χ0n) is 19.9. The first-order chi connectivity index (χ1) is 17.0. The van der Waals surface area contributed by atoms with Crippen molar-refractivity contribution in [1.82, 2.24) is 19.9 Å². The predicted octanol–water partition coefficient (Wildman–Crippen LogP) is 4.61. The van der Waals surface area contributed by atoms with Gasteiger partial charge in [-0.25, -0.2) is 9.97 Å². The molecule has 1 amide bonds. The van der Waals surface area contributed by atoms with E-state index in [9.17, 15) is 4.79 Å². The van der Waals surface area contributed by atoms with Gasteiger partial charge in [0.05, 0.1) is 12.1 Å². The molecule has 0 aliphatic carbocycles. The van der Waals surface area contributed by atoms with Crippen molar-refractivity contribution in [1.29, 1.82) is 0 Å². The molecule has 1 atom stereocenters. The van der Waals surface area contributed by atoms with E-state index in [-0.39, 0.29) is 5.91 Å². The van der Waals surface area contributed by atoms with Crippen LogP contribution in [-0.2, 0) is 18.3 Å². The van der Waals surface area contributed by atoms with Gasteiger partial charge < -0.3 is 24.8 Å². The van der Waals surface area contributed by atoms with Gasteiger partial charge >= 0.3 is 0 Å². The van der Waals surface area contributed by atoms with Crippen LogP contribution >= 0.6 is 11.6 Å². The van der Waals surface area contributed by atoms with E-state index in [1.807, 2.05) is 44.4 Å². The van der Waals surface area contributed by atoms with Crippen LogP contribution in [0.25, 0.3) is 10.9 Å². The zero-order chi connectivity index (χ0) is 24.5. The van der Waals surface area contributed by atoms with E-state index in [4.69, 9.17) is 21.3 Å². The second-order valence-corrected chi connectivity index (χ2v) is 8.86. The Hall–Kier alpha value is -3.78. The van der Waals surface area contributed by atoms with Gasteiger partial charge in [0.1, 0.15) is 29.3 Å². The fourth-order valence-electron chi connectivity index (χ4n) is 4.56. The molecule has 2 N–H and O–H groups in total. The molecule has 35 heavy (non-hydrogen) atoms. The maximum absolute atomic E-state index is 13.2. The Morgan fingerprint density at radius 3 is 2.80 bits per heavy atom. The second-order valence-electron chi connectivity index (χ2n) is 8.45. The summed E-state index contributed by atoms with van der Waals surface area (Å²) in [6.45, 7) is 3.19. The fraction of sp³-hybridized carbons (Fsp3) is 0.269. The normalized spacial score (nSPS) is 15.8. The molecule has 0 radical (unpaired) electrons. The molecule has 0 saturated carbocycles. The van der Waals surface area contributed by atoms with Gasteiger partial charge in [0, 0.05) is 61.0 Å². The fourth-order valence-corrected chi connectivity index (χ4v) is 4.82. The highest BCUT2D eigenvalue weighted by molar-refractivity contribution is 6.32. The summed E-state index contributed by atoms with van der Waals surface area (Å²) < 4.78 is 7.31. The predicted molar refractivity (Wildman–Crippen MR) is 139 cm³/mol. The molecule has 2 aromatic heterocycles. The number of piperazine rings is 1. The third-order valence-electron chi connectivity index (χ3n) is 6.23. The van der Waals surface area contributed by atoms with Gasteiger partial charge in [-0.2, -0.15) is 0 Å². The molecular formula is C26H27ClN6O2. The minimum Gasteiger partial charge on any atom is -0.495 e. The Morgan fingerprint density at radius 2 is 2.03 bits per heavy atom. The molecule has 3 heterocycles. The van der Waals surface area contributed by atoms with Crippen molar-refractivity contribution in [2.45, 2.75) is 19.4 Å². The van der Waals surface area contributed by atoms with E-state index in [0.717, 1.165) is 22.2 Å². The minimum absolute atomic E-state index is 0.0410. The molecule has 8 nitrogen and oxygen atoms in total. The van der Waals surface area contributed by atoms with Crippen molar-refractivity contribution in [2.75, 3.05) is 30.4 Å². The number of hydrogen-bond acceptors (Lipinski definition) is 6. The number of nitrogens with one attached hydrogen (secondary N) is 2. The van der Waals surface area contributed by atoms with E-state index in [2.05, 4.69) is 37.2 Å². The Balaban J connectivity index is 1.55. The number of aryl methyl sites for hydroxylation is 2. The van der Waals surface area contributed by atoms with Gasteiger partial charge in [-0.15, -0.1) is 0 Å². The SMILES string of the molecule is CCc1nc(Nc2ccc(OC)c(Cl)c2)cc(N2CCNC(=O)C2c2cn(C)c3ccccc23)n1. The van der Waals surface area contributed by atoms with Crippen LogP contribution in [0, 0.1) is 0 Å². The summed E-state index contributed by atoms with van der Waals surface area (Å²) in [6.07, 6.45) is 2.69. The summed E-state index contributed by atoms with van der Waals surface area (Å²) in [4.78, 5) is 24.7. The topological polar surface area (TPSA) is 84.3 Å². The number of hydrogen-bond donors (Lipinski definition) is 2. The van der Waals surface area contributed by atoms with E-state index in [0.29, 0.717) is 47.7 Å². The molecule has 180 valence electrons. The molecule has 9 heteroatoms. The molecule has 0 spiro atoms. The first-order valence-electron chi connectivity index (χ1n) is 11.5.